The Morgan fingerprint density at radius 3 is 3.15 bits per heavy atom. The summed E-state index contributed by atoms with van der Waals surface area (Å²) in [5, 5.41) is 0. The average Bonchev–Trinajstić information content (AvgIpc) is 2.79. The van der Waals surface area contributed by atoms with Crippen LogP contribution in [0.1, 0.15) is 41.6 Å². The van der Waals surface area contributed by atoms with E-state index in [1.807, 2.05) is 6.92 Å². The second-order valence-electron chi connectivity index (χ2n) is 5.11. The van der Waals surface area contributed by atoms with E-state index in [-0.39, 0.29) is 5.91 Å². The highest BCUT2D eigenvalue weighted by atomic mass is 16.5. The van der Waals surface area contributed by atoms with Gasteiger partial charge in [0.25, 0.3) is 5.91 Å². The number of nitrogen functional groups attached to an aromatic ring is 1. The minimum Gasteiger partial charge on any atom is -0.464 e. The summed E-state index contributed by atoms with van der Waals surface area (Å²) in [6, 6.07) is 1.77. The van der Waals surface area contributed by atoms with Gasteiger partial charge in [-0.05, 0) is 39.3 Å². The summed E-state index contributed by atoms with van der Waals surface area (Å²) >= 11 is 0. The maximum absolute atomic E-state index is 11.5. The molecule has 1 amide bonds. The van der Waals surface area contributed by atoms with Crippen molar-refractivity contribution in [3.05, 3.63) is 23.2 Å². The van der Waals surface area contributed by atoms with Crippen LogP contribution in [0.5, 0.6) is 0 Å². The molecule has 1 aromatic heterocycles. The number of furan rings is 1. The van der Waals surface area contributed by atoms with Crippen molar-refractivity contribution >= 4 is 5.91 Å². The topological polar surface area (TPSA) is 80.7 Å². The predicted molar refractivity (Wildman–Crippen MR) is 75.0 cm³/mol. The van der Waals surface area contributed by atoms with Gasteiger partial charge >= 0.3 is 0 Å². The number of nitrogens with zero attached hydrogens (tertiary/aromatic N) is 1. The number of carbonyl (C=O) groups is 1. The Bertz CT molecular complexity index is 457. The molecule has 0 saturated carbocycles. The number of hydrazine groups is 1. The molecule has 20 heavy (non-hydrogen) atoms. The lowest BCUT2D eigenvalue weighted by molar-refractivity contribution is 0.00196. The first-order valence-corrected chi connectivity index (χ1v) is 7.08. The van der Waals surface area contributed by atoms with Crippen LogP contribution >= 0.6 is 0 Å². The normalized spacial score (nSPS) is 20.1. The number of likely N-dealkylation sites (tertiary alicyclic amines) is 1. The van der Waals surface area contributed by atoms with Crippen LogP contribution in [-0.4, -0.2) is 36.6 Å². The molecule has 0 bridgehead atoms. The summed E-state index contributed by atoms with van der Waals surface area (Å²) in [5.41, 5.74) is 2.63. The largest absolute Gasteiger partial charge is 0.464 e. The zero-order valence-corrected chi connectivity index (χ0v) is 12.1. The molecule has 2 rings (SSSR count). The Hall–Kier alpha value is -1.37. The molecular formula is C14H23N3O3. The van der Waals surface area contributed by atoms with E-state index in [1.165, 1.54) is 0 Å². The Morgan fingerprint density at radius 2 is 2.45 bits per heavy atom. The van der Waals surface area contributed by atoms with Crippen LogP contribution in [0.4, 0.5) is 0 Å². The number of hydrogen-bond donors (Lipinski definition) is 2. The molecular weight excluding hydrogens is 258 g/mol. The standard InChI is InChI=1S/C14H23N3O3/c1-3-19-11-5-4-6-17(8-11)9-12-7-13(10(2)20-12)14(18)16-15/h7,11H,3-6,8-9,15H2,1-2H3,(H,16,18). The number of nitrogens with two attached hydrogens (primary N) is 1. The van der Waals surface area contributed by atoms with Crippen molar-refractivity contribution in [2.75, 3.05) is 19.7 Å². The van der Waals surface area contributed by atoms with E-state index in [1.54, 1.807) is 13.0 Å². The van der Waals surface area contributed by atoms with Crippen LogP contribution in [-0.2, 0) is 11.3 Å². The third-order valence-corrected chi connectivity index (χ3v) is 3.59. The molecule has 0 radical (unpaired) electrons. The van der Waals surface area contributed by atoms with E-state index >= 15 is 0 Å². The molecule has 1 aliphatic heterocycles. The summed E-state index contributed by atoms with van der Waals surface area (Å²) in [4.78, 5) is 13.8. The zero-order chi connectivity index (χ0) is 14.5. The predicted octanol–water partition coefficient (Wildman–Crippen LogP) is 1.19. The number of aryl methyl sites for hydroxylation is 1. The maximum atomic E-state index is 11.5. The van der Waals surface area contributed by atoms with Crippen molar-refractivity contribution in [2.45, 2.75) is 39.3 Å². The van der Waals surface area contributed by atoms with Crippen molar-refractivity contribution in [1.82, 2.24) is 10.3 Å². The molecule has 1 atom stereocenters. The summed E-state index contributed by atoms with van der Waals surface area (Å²) in [5.74, 6) is 6.22. The van der Waals surface area contributed by atoms with E-state index in [4.69, 9.17) is 15.0 Å². The third-order valence-electron chi connectivity index (χ3n) is 3.59. The highest BCUT2D eigenvalue weighted by molar-refractivity contribution is 5.94. The Balaban J connectivity index is 1.97. The quantitative estimate of drug-likeness (QED) is 0.481. The van der Waals surface area contributed by atoms with Crippen LogP contribution < -0.4 is 11.3 Å². The van der Waals surface area contributed by atoms with E-state index in [0.717, 1.165) is 38.3 Å². The molecule has 0 spiro atoms. The smallest absolute Gasteiger partial charge is 0.268 e. The minimum atomic E-state index is -0.316. The molecule has 1 fully saturated rings. The van der Waals surface area contributed by atoms with Gasteiger partial charge in [0.2, 0.25) is 0 Å². The molecule has 1 aliphatic rings. The number of ether oxygens (including phenoxy) is 1. The lowest BCUT2D eigenvalue weighted by Crippen LogP contribution is -2.39. The third kappa shape index (κ3) is 3.59. The monoisotopic (exact) mass is 281 g/mol. The fourth-order valence-corrected chi connectivity index (χ4v) is 2.67. The van der Waals surface area contributed by atoms with Gasteiger partial charge in [0.05, 0.1) is 18.2 Å². The molecule has 6 heteroatoms. The van der Waals surface area contributed by atoms with E-state index < -0.39 is 0 Å². The van der Waals surface area contributed by atoms with Crippen molar-refractivity contribution in [2.24, 2.45) is 5.84 Å². The van der Waals surface area contributed by atoms with Gasteiger partial charge in [0, 0.05) is 13.2 Å². The summed E-state index contributed by atoms with van der Waals surface area (Å²) in [6.45, 7) is 7.18. The molecule has 1 unspecified atom stereocenters. The van der Waals surface area contributed by atoms with E-state index in [2.05, 4.69) is 10.3 Å². The second kappa shape index (κ2) is 6.88. The van der Waals surface area contributed by atoms with Crippen LogP contribution in [0.25, 0.3) is 0 Å². The second-order valence-corrected chi connectivity index (χ2v) is 5.11. The molecule has 0 aliphatic carbocycles. The van der Waals surface area contributed by atoms with Crippen molar-refractivity contribution in [1.29, 1.82) is 0 Å². The molecule has 2 heterocycles. The highest BCUT2D eigenvalue weighted by Crippen LogP contribution is 2.19. The lowest BCUT2D eigenvalue weighted by atomic mass is 10.1. The maximum Gasteiger partial charge on any atom is 0.268 e. The minimum absolute atomic E-state index is 0.302. The van der Waals surface area contributed by atoms with Crippen LogP contribution in [0.15, 0.2) is 10.5 Å². The molecule has 6 nitrogen and oxygen atoms in total. The number of carbonyl (C=O) groups excluding carboxylic acids is 1. The molecule has 1 saturated heterocycles. The fourth-order valence-electron chi connectivity index (χ4n) is 2.67. The first-order chi connectivity index (χ1) is 9.63. The number of rotatable bonds is 5. The van der Waals surface area contributed by atoms with Crippen molar-refractivity contribution in [3.63, 3.8) is 0 Å². The van der Waals surface area contributed by atoms with Gasteiger partial charge in [-0.2, -0.15) is 0 Å². The SMILES string of the molecule is CCOC1CCCN(Cc2cc(C(=O)NN)c(C)o2)C1. The number of nitrogens with one attached hydrogen (secondary N) is 1. The van der Waals surface area contributed by atoms with Gasteiger partial charge < -0.3 is 9.15 Å². The molecule has 112 valence electrons. The van der Waals surface area contributed by atoms with Gasteiger partial charge in [0.1, 0.15) is 11.5 Å². The molecule has 3 N–H and O–H groups in total. The first kappa shape index (κ1) is 15.0. The van der Waals surface area contributed by atoms with Gasteiger partial charge in [0.15, 0.2) is 0 Å². The first-order valence-electron chi connectivity index (χ1n) is 7.08. The van der Waals surface area contributed by atoms with Crippen molar-refractivity contribution < 1.29 is 13.9 Å². The number of piperidine rings is 1. The molecule has 1 aromatic rings. The Morgan fingerprint density at radius 1 is 1.65 bits per heavy atom. The fraction of sp³-hybridized carbons (Fsp3) is 0.643. The van der Waals surface area contributed by atoms with Gasteiger partial charge in [-0.25, -0.2) is 5.84 Å². The average molecular weight is 281 g/mol. The lowest BCUT2D eigenvalue weighted by Gasteiger charge is -2.31. The van der Waals surface area contributed by atoms with Gasteiger partial charge in [-0.3, -0.25) is 15.1 Å². The summed E-state index contributed by atoms with van der Waals surface area (Å²) in [7, 11) is 0. The number of hydrogen-bond acceptors (Lipinski definition) is 5. The summed E-state index contributed by atoms with van der Waals surface area (Å²) in [6.07, 6.45) is 2.54. The van der Waals surface area contributed by atoms with Crippen LogP contribution in [0, 0.1) is 6.92 Å². The number of amides is 1. The van der Waals surface area contributed by atoms with Crippen LogP contribution in [0.2, 0.25) is 0 Å². The Labute approximate surface area is 119 Å². The van der Waals surface area contributed by atoms with E-state index in [9.17, 15) is 4.79 Å². The molecule has 0 aromatic carbocycles. The van der Waals surface area contributed by atoms with Gasteiger partial charge in [-0.1, -0.05) is 0 Å². The summed E-state index contributed by atoms with van der Waals surface area (Å²) < 4.78 is 11.3. The van der Waals surface area contributed by atoms with Gasteiger partial charge in [-0.15, -0.1) is 0 Å². The zero-order valence-electron chi connectivity index (χ0n) is 12.1. The van der Waals surface area contributed by atoms with E-state index in [0.29, 0.717) is 24.0 Å². The van der Waals surface area contributed by atoms with Crippen molar-refractivity contribution in [3.8, 4) is 0 Å². The van der Waals surface area contributed by atoms with Crippen LogP contribution in [0.3, 0.4) is 0 Å². The Kier molecular flexibility index (Phi) is 5.17. The highest BCUT2D eigenvalue weighted by Gasteiger charge is 2.22.